The molecule has 1 aliphatic rings. The number of hydrogen-bond donors (Lipinski definition) is 0. The van der Waals surface area contributed by atoms with E-state index in [0.29, 0.717) is 34.9 Å². The first-order valence-corrected chi connectivity index (χ1v) is 12.3. The molecule has 7 heteroatoms. The molecule has 0 amide bonds. The van der Waals surface area contributed by atoms with Gasteiger partial charge in [0.1, 0.15) is 11.5 Å². The predicted molar refractivity (Wildman–Crippen MR) is 146 cm³/mol. The Kier molecular flexibility index (Phi) is 7.12. The van der Waals surface area contributed by atoms with Crippen molar-refractivity contribution in [1.82, 2.24) is 4.48 Å². The van der Waals surface area contributed by atoms with Gasteiger partial charge in [-0.2, -0.15) is 0 Å². The molecule has 188 valence electrons. The zero-order valence-electron chi connectivity index (χ0n) is 22.3. The van der Waals surface area contributed by atoms with Crippen molar-refractivity contribution >= 4 is 29.5 Å². The Morgan fingerprint density at radius 3 is 2.22 bits per heavy atom. The summed E-state index contributed by atoms with van der Waals surface area (Å²) in [6, 6.07) is 9.62. The topological polar surface area (TPSA) is 35.8 Å². The Balaban J connectivity index is 2.25. The van der Waals surface area contributed by atoms with Crippen molar-refractivity contribution in [2.75, 3.05) is 14.2 Å². The molecule has 36 heavy (non-hydrogen) atoms. The van der Waals surface area contributed by atoms with Crippen LogP contribution in [0.4, 0.5) is 8.63 Å². The summed E-state index contributed by atoms with van der Waals surface area (Å²) in [6.45, 7) is 11.9. The third kappa shape index (κ3) is 3.95. The van der Waals surface area contributed by atoms with Crippen LogP contribution < -0.4 is 9.47 Å². The summed E-state index contributed by atoms with van der Waals surface area (Å²) in [7, 11) is 0.565. The van der Waals surface area contributed by atoms with E-state index in [1.165, 1.54) is 4.48 Å². The van der Waals surface area contributed by atoms with Crippen molar-refractivity contribution in [3.63, 3.8) is 0 Å². The number of benzene rings is 2. The highest BCUT2D eigenvalue weighted by Crippen LogP contribution is 2.44. The van der Waals surface area contributed by atoms with E-state index >= 15 is 0 Å². The summed E-state index contributed by atoms with van der Waals surface area (Å²) in [6.07, 6.45) is 1.49. The zero-order chi connectivity index (χ0) is 26.3. The average Bonchev–Trinajstić information content (AvgIpc) is 3.29. The molecule has 0 aliphatic carbocycles. The Bertz CT molecular complexity index is 1450. The van der Waals surface area contributed by atoms with E-state index in [1.54, 1.807) is 21.1 Å². The number of aliphatic imine (C=N–C) groups is 1. The SMILES string of the molecule is CCC1=C(C)/C(=C(/c2ccc(OC)c3ccc(OC)cc23)c2c(C)c(CC)c(C)n2B(F)F)N=C1C. The van der Waals surface area contributed by atoms with E-state index in [2.05, 4.69) is 6.92 Å². The quantitative estimate of drug-likeness (QED) is 0.320. The van der Waals surface area contributed by atoms with Crippen LogP contribution in [-0.2, 0) is 6.42 Å². The monoisotopic (exact) mass is 490 g/mol. The third-order valence-electron chi connectivity index (χ3n) is 7.42. The van der Waals surface area contributed by atoms with E-state index in [9.17, 15) is 8.63 Å². The minimum absolute atomic E-state index is 0.511. The lowest BCUT2D eigenvalue weighted by Gasteiger charge is -2.19. The number of fused-ring (bicyclic) bond motifs is 1. The highest BCUT2D eigenvalue weighted by Gasteiger charge is 2.33. The van der Waals surface area contributed by atoms with Crippen LogP contribution in [0.3, 0.4) is 0 Å². The number of methoxy groups -OCH3 is 2. The summed E-state index contributed by atoms with van der Waals surface area (Å²) >= 11 is 0. The molecule has 0 atom stereocenters. The number of halogens is 2. The number of rotatable bonds is 7. The van der Waals surface area contributed by atoms with Gasteiger partial charge in [0.2, 0.25) is 0 Å². The van der Waals surface area contributed by atoms with Crippen LogP contribution in [0.1, 0.15) is 62.2 Å². The molecule has 4 nitrogen and oxygen atoms in total. The summed E-state index contributed by atoms with van der Waals surface area (Å²) in [4.78, 5) is 4.97. The van der Waals surface area contributed by atoms with Crippen molar-refractivity contribution in [2.24, 2.45) is 4.99 Å². The first-order valence-electron chi connectivity index (χ1n) is 12.3. The largest absolute Gasteiger partial charge is 0.677 e. The van der Waals surface area contributed by atoms with Gasteiger partial charge in [0, 0.05) is 28.1 Å². The fourth-order valence-electron chi connectivity index (χ4n) is 5.67. The van der Waals surface area contributed by atoms with Gasteiger partial charge < -0.3 is 14.0 Å². The number of hydrogen-bond acceptors (Lipinski definition) is 3. The van der Waals surface area contributed by atoms with Crippen LogP contribution in [0.5, 0.6) is 11.5 Å². The molecule has 0 unspecified atom stereocenters. The lowest BCUT2D eigenvalue weighted by molar-refractivity contribution is 0.414. The van der Waals surface area contributed by atoms with E-state index in [4.69, 9.17) is 14.5 Å². The standard InChI is InChI=1S/C29H33BF2N2O2/c1-9-21-16(3)28(33-18(21)5)27(29-17(4)22(10-2)19(6)34(29)30(31)32)24-13-14-26(36-8)23-12-11-20(35-7)15-25(23)24/h11-15H,9-10H2,1-8H3/b28-27+. The molecular weight excluding hydrogens is 457 g/mol. The van der Waals surface area contributed by atoms with Crippen LogP contribution in [0.15, 0.2) is 52.2 Å². The fraction of sp³-hybridized carbons (Fsp3) is 0.345. The number of allylic oxidation sites excluding steroid dienone is 2. The maximum atomic E-state index is 14.7. The maximum Gasteiger partial charge on any atom is 0.677 e. The van der Waals surface area contributed by atoms with E-state index < -0.39 is 7.40 Å². The van der Waals surface area contributed by atoms with Gasteiger partial charge in [-0.1, -0.05) is 13.8 Å². The molecule has 4 rings (SSSR count). The molecule has 1 aliphatic heterocycles. The molecule has 1 aromatic heterocycles. The molecular formula is C29H33BF2N2O2. The van der Waals surface area contributed by atoms with Crippen LogP contribution >= 0.6 is 0 Å². The second-order valence-corrected chi connectivity index (χ2v) is 9.14. The third-order valence-corrected chi connectivity index (χ3v) is 7.42. The van der Waals surface area contributed by atoms with Gasteiger partial charge in [-0.15, -0.1) is 0 Å². The van der Waals surface area contributed by atoms with E-state index in [0.717, 1.165) is 56.4 Å². The smallest absolute Gasteiger partial charge is 0.497 e. The second kappa shape index (κ2) is 9.96. The molecule has 0 spiro atoms. The van der Waals surface area contributed by atoms with Crippen LogP contribution in [0.25, 0.3) is 16.3 Å². The Morgan fingerprint density at radius 2 is 1.67 bits per heavy atom. The van der Waals surface area contributed by atoms with Crippen molar-refractivity contribution < 1.29 is 18.1 Å². The molecule has 0 N–H and O–H groups in total. The van der Waals surface area contributed by atoms with Crippen molar-refractivity contribution in [3.05, 3.63) is 75.3 Å². The van der Waals surface area contributed by atoms with Crippen molar-refractivity contribution in [3.8, 4) is 11.5 Å². The van der Waals surface area contributed by atoms with Gasteiger partial charge in [-0.05, 0) is 104 Å². The molecule has 0 bridgehead atoms. The van der Waals surface area contributed by atoms with Gasteiger partial charge in [0.15, 0.2) is 0 Å². The van der Waals surface area contributed by atoms with Gasteiger partial charge in [0.25, 0.3) is 0 Å². The van der Waals surface area contributed by atoms with Gasteiger partial charge in [0.05, 0.1) is 19.9 Å². The van der Waals surface area contributed by atoms with Crippen LogP contribution in [0, 0.1) is 13.8 Å². The lowest BCUT2D eigenvalue weighted by atomic mass is 9.89. The van der Waals surface area contributed by atoms with Crippen molar-refractivity contribution in [2.45, 2.75) is 54.4 Å². The molecule has 3 aromatic rings. The van der Waals surface area contributed by atoms with Gasteiger partial charge in [-0.25, -0.2) is 0 Å². The maximum absolute atomic E-state index is 14.7. The minimum Gasteiger partial charge on any atom is -0.497 e. The van der Waals surface area contributed by atoms with E-state index in [-0.39, 0.29) is 0 Å². The number of aromatic nitrogens is 1. The number of ether oxygens (including phenoxy) is 2. The summed E-state index contributed by atoms with van der Waals surface area (Å²) in [5, 5.41) is 1.74. The average molecular weight is 490 g/mol. The summed E-state index contributed by atoms with van der Waals surface area (Å²) in [5.41, 5.74) is 8.26. The molecule has 2 aromatic carbocycles. The van der Waals surface area contributed by atoms with Gasteiger partial charge in [-0.3, -0.25) is 13.6 Å². The molecule has 0 saturated carbocycles. The first-order chi connectivity index (χ1) is 17.2. The zero-order valence-corrected chi connectivity index (χ0v) is 22.3. The Hall–Kier alpha value is -3.35. The van der Waals surface area contributed by atoms with Crippen LogP contribution in [-0.4, -0.2) is 31.8 Å². The Morgan fingerprint density at radius 1 is 0.944 bits per heavy atom. The molecule has 0 radical (unpaired) electrons. The lowest BCUT2D eigenvalue weighted by Crippen LogP contribution is -2.18. The molecule has 2 heterocycles. The normalized spacial score (nSPS) is 15.0. The van der Waals surface area contributed by atoms with Crippen molar-refractivity contribution in [1.29, 1.82) is 0 Å². The second-order valence-electron chi connectivity index (χ2n) is 9.14. The number of nitrogens with zero attached hydrogens (tertiary/aromatic N) is 2. The molecule has 0 fully saturated rings. The summed E-state index contributed by atoms with van der Waals surface area (Å²) in [5.74, 6) is 1.39. The van der Waals surface area contributed by atoms with Crippen LogP contribution in [0.2, 0.25) is 0 Å². The van der Waals surface area contributed by atoms with E-state index in [1.807, 2.05) is 58.0 Å². The first kappa shape index (κ1) is 25.7. The highest BCUT2D eigenvalue weighted by atomic mass is 19.2. The predicted octanol–water partition coefficient (Wildman–Crippen LogP) is 7.57. The Labute approximate surface area is 212 Å². The fourth-order valence-corrected chi connectivity index (χ4v) is 5.67. The van der Waals surface area contributed by atoms with Gasteiger partial charge >= 0.3 is 7.40 Å². The summed E-state index contributed by atoms with van der Waals surface area (Å²) < 4.78 is 41.8. The highest BCUT2D eigenvalue weighted by molar-refractivity contribution is 6.41. The molecule has 0 saturated heterocycles. The minimum atomic E-state index is -2.69.